The highest BCUT2D eigenvalue weighted by Crippen LogP contribution is 2.10. The van der Waals surface area contributed by atoms with Crippen molar-refractivity contribution in [2.75, 3.05) is 107 Å². The van der Waals surface area contributed by atoms with Gasteiger partial charge in [0.05, 0.1) is 26.2 Å². The number of likely N-dealkylation sites (N-methyl/N-ethyl adjacent to an activating group) is 3. The summed E-state index contributed by atoms with van der Waals surface area (Å²) in [5, 5.41) is 11.4. The van der Waals surface area contributed by atoms with E-state index >= 15 is 0 Å². The maximum Gasteiger partial charge on any atom is 0.234 e. The number of hydrogen-bond acceptors (Lipinski definition) is 8. The number of nitrogens with one attached hydrogen (secondary N) is 4. The van der Waals surface area contributed by atoms with Crippen LogP contribution in [0.5, 0.6) is 0 Å². The molecule has 4 amide bonds. The molecule has 0 aromatic heterocycles. The van der Waals surface area contributed by atoms with E-state index in [2.05, 4.69) is 28.2 Å². The van der Waals surface area contributed by atoms with Gasteiger partial charge in [-0.25, -0.2) is 0 Å². The summed E-state index contributed by atoms with van der Waals surface area (Å²) in [6.07, 6.45) is 12.4. The van der Waals surface area contributed by atoms with Gasteiger partial charge in [-0.15, -0.1) is 0 Å². The first kappa shape index (κ1) is 40.7. The monoisotopic (exact) mass is 613 g/mol. The van der Waals surface area contributed by atoms with E-state index in [-0.39, 0.29) is 49.8 Å². The molecule has 12 nitrogen and oxygen atoms in total. The largest absolute Gasteiger partial charge is 0.358 e. The lowest BCUT2D eigenvalue weighted by atomic mass is 10.1. The van der Waals surface area contributed by atoms with E-state index in [1.165, 1.54) is 51.4 Å². The maximum absolute atomic E-state index is 12.8. The summed E-state index contributed by atoms with van der Waals surface area (Å²) >= 11 is 0. The predicted octanol–water partition coefficient (Wildman–Crippen LogP) is 0.729. The molecular weight excluding hydrogens is 548 g/mol. The minimum Gasteiger partial charge on any atom is -0.358 e. The van der Waals surface area contributed by atoms with Gasteiger partial charge in [0.2, 0.25) is 23.6 Å². The molecule has 4 N–H and O–H groups in total. The molecule has 0 fully saturated rings. The van der Waals surface area contributed by atoms with Crippen molar-refractivity contribution < 1.29 is 19.2 Å². The minimum atomic E-state index is -0.205. The maximum atomic E-state index is 12.8. The van der Waals surface area contributed by atoms with Gasteiger partial charge in [0.1, 0.15) is 0 Å². The van der Waals surface area contributed by atoms with E-state index in [1.807, 2.05) is 38.0 Å². The fourth-order valence-electron chi connectivity index (χ4n) is 4.45. The van der Waals surface area contributed by atoms with Gasteiger partial charge in [-0.2, -0.15) is 0 Å². The van der Waals surface area contributed by atoms with Gasteiger partial charge in [-0.3, -0.25) is 29.0 Å². The molecule has 0 aliphatic carbocycles. The molecule has 0 unspecified atom stereocenters. The van der Waals surface area contributed by atoms with Crippen LogP contribution < -0.4 is 21.3 Å². The summed E-state index contributed by atoms with van der Waals surface area (Å²) in [5.41, 5.74) is 0. The van der Waals surface area contributed by atoms with Gasteiger partial charge >= 0.3 is 0 Å². The van der Waals surface area contributed by atoms with Crippen LogP contribution in [0.4, 0.5) is 0 Å². The Labute approximate surface area is 262 Å². The van der Waals surface area contributed by atoms with E-state index in [4.69, 9.17) is 0 Å². The van der Waals surface area contributed by atoms with Crippen molar-refractivity contribution in [3.8, 4) is 0 Å². The quantitative estimate of drug-likeness (QED) is 0.0953. The highest BCUT2D eigenvalue weighted by Gasteiger charge is 2.19. The third kappa shape index (κ3) is 27.0. The molecule has 0 spiro atoms. The van der Waals surface area contributed by atoms with E-state index in [0.29, 0.717) is 45.8 Å². The zero-order valence-corrected chi connectivity index (χ0v) is 28.3. The molecule has 0 aliphatic heterocycles. The summed E-state index contributed by atoms with van der Waals surface area (Å²) in [7, 11) is 9.30. The second kappa shape index (κ2) is 27.3. The summed E-state index contributed by atoms with van der Waals surface area (Å²) in [6.45, 7) is 6.25. The Bertz CT molecular complexity index is 751. The second-order valence-corrected chi connectivity index (χ2v) is 11.9. The van der Waals surface area contributed by atoms with E-state index in [1.54, 1.807) is 16.8 Å². The number of carbonyl (C=O) groups is 4. The van der Waals surface area contributed by atoms with Crippen LogP contribution in [-0.2, 0) is 19.2 Å². The molecule has 12 heteroatoms. The van der Waals surface area contributed by atoms with E-state index < -0.39 is 0 Å². The van der Waals surface area contributed by atoms with Gasteiger partial charge in [0, 0.05) is 52.9 Å². The van der Waals surface area contributed by atoms with Crippen molar-refractivity contribution in [2.24, 2.45) is 0 Å². The first-order chi connectivity index (χ1) is 20.6. The van der Waals surface area contributed by atoms with Crippen LogP contribution in [0.3, 0.4) is 0 Å². The molecule has 0 saturated heterocycles. The molecule has 0 aromatic rings. The van der Waals surface area contributed by atoms with Gasteiger partial charge in [0.25, 0.3) is 0 Å². The number of hydrogen-bond donors (Lipinski definition) is 4. The van der Waals surface area contributed by atoms with Crippen molar-refractivity contribution in [3.05, 3.63) is 0 Å². The summed E-state index contributed by atoms with van der Waals surface area (Å²) in [5.74, 6) is -0.670. The lowest BCUT2D eigenvalue weighted by Crippen LogP contribution is -2.49. The second-order valence-electron chi connectivity index (χ2n) is 11.9. The van der Waals surface area contributed by atoms with E-state index in [0.717, 1.165) is 12.8 Å². The van der Waals surface area contributed by atoms with Gasteiger partial charge in [0.15, 0.2) is 0 Å². The molecule has 252 valence electrons. The normalized spacial score (nSPS) is 11.4. The lowest BCUT2D eigenvalue weighted by Gasteiger charge is -2.26. The van der Waals surface area contributed by atoms with Gasteiger partial charge in [-0.1, -0.05) is 64.7 Å². The highest BCUT2D eigenvalue weighted by atomic mass is 16.2. The Balaban J connectivity index is 4.84. The molecule has 0 aliphatic rings. The zero-order chi connectivity index (χ0) is 32.3. The van der Waals surface area contributed by atoms with Crippen LogP contribution in [0.1, 0.15) is 71.1 Å². The first-order valence-corrected chi connectivity index (χ1v) is 16.3. The number of amides is 4. The fraction of sp³-hybridized carbons (Fsp3) is 0.871. The average molecular weight is 613 g/mol. The summed E-state index contributed by atoms with van der Waals surface area (Å²) in [4.78, 5) is 57.5. The SMILES string of the molecule is CCCCCCCCCCCCNC(=O)CN(CCN(CC(=O)NC)CC(=O)NCCN(C)C)CC(=O)NCCN(C)C. The smallest absolute Gasteiger partial charge is 0.234 e. The van der Waals surface area contributed by atoms with Crippen LogP contribution in [0.25, 0.3) is 0 Å². The number of carbonyl (C=O) groups excluding carboxylic acids is 4. The topological polar surface area (TPSA) is 129 Å². The van der Waals surface area contributed by atoms with Crippen LogP contribution in [0, 0.1) is 0 Å². The number of unbranched alkanes of at least 4 members (excludes halogenated alkanes) is 9. The number of rotatable bonds is 28. The number of nitrogens with zero attached hydrogens (tertiary/aromatic N) is 4. The first-order valence-electron chi connectivity index (χ1n) is 16.3. The minimum absolute atomic E-state index is 0.0470. The molecule has 0 radical (unpaired) electrons. The molecule has 0 rings (SSSR count). The van der Waals surface area contributed by atoms with Crippen LogP contribution >= 0.6 is 0 Å². The van der Waals surface area contributed by atoms with Crippen LogP contribution in [0.15, 0.2) is 0 Å². The standard InChI is InChI=1S/C31H64N8O4/c1-7-8-9-10-11-12-13-14-15-16-17-33-29(41)25-39(27-31(43)35-19-21-37(5)6)23-22-38(24-28(40)32-2)26-30(42)34-18-20-36(3)4/h7-27H2,1-6H3,(H,32,40)(H,33,41)(H,34,42)(H,35,43). The Kier molecular flexibility index (Phi) is 25.8. The summed E-state index contributed by atoms with van der Waals surface area (Å²) < 4.78 is 0. The van der Waals surface area contributed by atoms with Gasteiger partial charge in [-0.05, 0) is 34.6 Å². The Hall–Kier alpha value is -2.28. The Morgan fingerprint density at radius 3 is 1.19 bits per heavy atom. The van der Waals surface area contributed by atoms with Crippen molar-refractivity contribution in [1.82, 2.24) is 40.9 Å². The molecular formula is C31H64N8O4. The van der Waals surface area contributed by atoms with E-state index in [9.17, 15) is 19.2 Å². The van der Waals surface area contributed by atoms with Crippen LogP contribution in [-0.4, -0.2) is 150 Å². The summed E-state index contributed by atoms with van der Waals surface area (Å²) in [6, 6.07) is 0. The van der Waals surface area contributed by atoms with Crippen molar-refractivity contribution in [2.45, 2.75) is 71.1 Å². The average Bonchev–Trinajstić information content (AvgIpc) is 2.93. The lowest BCUT2D eigenvalue weighted by molar-refractivity contribution is -0.128. The molecule has 0 bridgehead atoms. The zero-order valence-electron chi connectivity index (χ0n) is 28.3. The van der Waals surface area contributed by atoms with Crippen molar-refractivity contribution in [1.29, 1.82) is 0 Å². The van der Waals surface area contributed by atoms with Crippen molar-refractivity contribution in [3.63, 3.8) is 0 Å². The molecule has 0 atom stereocenters. The third-order valence-electron chi connectivity index (χ3n) is 7.10. The Morgan fingerprint density at radius 2 is 0.814 bits per heavy atom. The highest BCUT2D eigenvalue weighted by molar-refractivity contribution is 5.82. The molecule has 0 heterocycles. The third-order valence-corrected chi connectivity index (χ3v) is 7.10. The molecule has 43 heavy (non-hydrogen) atoms. The molecule has 0 aromatic carbocycles. The molecule has 0 saturated carbocycles. The van der Waals surface area contributed by atoms with Gasteiger partial charge < -0.3 is 31.1 Å². The predicted molar refractivity (Wildman–Crippen MR) is 175 cm³/mol. The fourth-order valence-corrected chi connectivity index (χ4v) is 4.45. The Morgan fingerprint density at radius 1 is 0.465 bits per heavy atom. The van der Waals surface area contributed by atoms with Crippen molar-refractivity contribution >= 4 is 23.6 Å². The van der Waals surface area contributed by atoms with Crippen LogP contribution in [0.2, 0.25) is 0 Å².